The van der Waals surface area contributed by atoms with Crippen molar-refractivity contribution in [2.45, 2.75) is 169 Å². The lowest BCUT2D eigenvalue weighted by Crippen LogP contribution is -2.34. The fourth-order valence-electron chi connectivity index (χ4n) is 4.85. The lowest BCUT2D eigenvalue weighted by molar-refractivity contribution is -0.697. The molecule has 1 nitrogen and oxygen atoms in total. The highest BCUT2D eigenvalue weighted by molar-refractivity contribution is 5.21. The van der Waals surface area contributed by atoms with Crippen LogP contribution < -0.4 is 4.57 Å². The Bertz CT molecular complexity index is 521. The van der Waals surface area contributed by atoms with Gasteiger partial charge in [-0.3, -0.25) is 0 Å². The standard InChI is InChI=1S/C31H58N/c1-4-7-10-13-16-17-20-23-27-32-28-26-30(24-21-18-14-11-8-5-2)31(29-32)25-22-19-15-12-9-6-3/h26,28-29H,4-25,27H2,1-3H3/q+1. The van der Waals surface area contributed by atoms with Crippen molar-refractivity contribution in [2.24, 2.45) is 0 Å². The Morgan fingerprint density at radius 1 is 0.469 bits per heavy atom. The maximum Gasteiger partial charge on any atom is 0.172 e. The summed E-state index contributed by atoms with van der Waals surface area (Å²) < 4.78 is 2.49. The van der Waals surface area contributed by atoms with E-state index in [0.717, 1.165) is 0 Å². The minimum atomic E-state index is 1.20. The molecule has 186 valence electrons. The molecule has 1 heteroatoms. The van der Waals surface area contributed by atoms with E-state index >= 15 is 0 Å². The summed E-state index contributed by atoms with van der Waals surface area (Å²) in [7, 11) is 0. The fourth-order valence-corrected chi connectivity index (χ4v) is 4.85. The molecule has 0 radical (unpaired) electrons. The number of nitrogens with zero attached hydrogens (tertiary/aromatic N) is 1. The molecule has 0 unspecified atom stereocenters. The van der Waals surface area contributed by atoms with Gasteiger partial charge in [0.2, 0.25) is 0 Å². The molecule has 0 saturated heterocycles. The SMILES string of the molecule is CCCCCCCCCC[n+]1ccc(CCCCCCCC)c(CCCCCCCC)c1. The number of aromatic nitrogens is 1. The van der Waals surface area contributed by atoms with E-state index in [1.165, 1.54) is 148 Å². The molecule has 32 heavy (non-hydrogen) atoms. The van der Waals surface area contributed by atoms with Gasteiger partial charge in [0.25, 0.3) is 0 Å². The molecule has 0 aliphatic carbocycles. The molecule has 0 atom stereocenters. The van der Waals surface area contributed by atoms with Crippen molar-refractivity contribution in [3.8, 4) is 0 Å². The first-order valence-electron chi connectivity index (χ1n) is 14.8. The van der Waals surface area contributed by atoms with Gasteiger partial charge >= 0.3 is 0 Å². The van der Waals surface area contributed by atoms with Crippen LogP contribution >= 0.6 is 0 Å². The number of pyridine rings is 1. The number of aryl methyl sites for hydroxylation is 3. The van der Waals surface area contributed by atoms with E-state index in [1.807, 2.05) is 0 Å². The molecule has 0 aromatic carbocycles. The van der Waals surface area contributed by atoms with Crippen LogP contribution in [-0.2, 0) is 19.4 Å². The van der Waals surface area contributed by atoms with Crippen molar-refractivity contribution in [1.29, 1.82) is 0 Å². The van der Waals surface area contributed by atoms with Gasteiger partial charge in [0.15, 0.2) is 12.4 Å². The summed E-state index contributed by atoms with van der Waals surface area (Å²) in [5.74, 6) is 0. The molecule has 1 rings (SSSR count). The van der Waals surface area contributed by atoms with Gasteiger partial charge in [0, 0.05) is 18.1 Å². The molecular weight excluding hydrogens is 386 g/mol. The highest BCUT2D eigenvalue weighted by Gasteiger charge is 2.10. The van der Waals surface area contributed by atoms with Crippen LogP contribution in [0.3, 0.4) is 0 Å². The van der Waals surface area contributed by atoms with Gasteiger partial charge in [-0.1, -0.05) is 124 Å². The van der Waals surface area contributed by atoms with Crippen molar-refractivity contribution in [2.75, 3.05) is 0 Å². The van der Waals surface area contributed by atoms with E-state index in [4.69, 9.17) is 0 Å². The van der Waals surface area contributed by atoms with Crippen LogP contribution in [0.1, 0.15) is 160 Å². The predicted molar refractivity (Wildman–Crippen MR) is 143 cm³/mol. The van der Waals surface area contributed by atoms with E-state index in [9.17, 15) is 0 Å². The topological polar surface area (TPSA) is 3.88 Å². The Morgan fingerprint density at radius 2 is 0.875 bits per heavy atom. The molecule has 1 heterocycles. The number of hydrogen-bond acceptors (Lipinski definition) is 0. The van der Waals surface area contributed by atoms with Gasteiger partial charge in [0.05, 0.1) is 0 Å². The largest absolute Gasteiger partial charge is 0.205 e. The Balaban J connectivity index is 2.43. The summed E-state index contributed by atoms with van der Waals surface area (Å²) in [6.07, 6.45) is 35.5. The fraction of sp³-hybridized carbons (Fsp3) is 0.839. The molecule has 1 aromatic rings. The summed E-state index contributed by atoms with van der Waals surface area (Å²) in [6, 6.07) is 2.46. The van der Waals surface area contributed by atoms with E-state index < -0.39 is 0 Å². The lowest BCUT2D eigenvalue weighted by atomic mass is 9.98. The second kappa shape index (κ2) is 22.0. The third kappa shape index (κ3) is 15.9. The zero-order valence-electron chi connectivity index (χ0n) is 22.4. The first-order chi connectivity index (χ1) is 15.8. The van der Waals surface area contributed by atoms with Crippen LogP contribution in [0.4, 0.5) is 0 Å². The Kier molecular flexibility index (Phi) is 20.0. The molecule has 0 aliphatic heterocycles. The molecule has 0 amide bonds. The maximum atomic E-state index is 2.51. The molecule has 1 aromatic heterocycles. The number of unbranched alkanes of at least 4 members (excludes halogenated alkanes) is 17. The Hall–Kier alpha value is -0.850. The Morgan fingerprint density at radius 3 is 1.38 bits per heavy atom. The van der Waals surface area contributed by atoms with Gasteiger partial charge < -0.3 is 0 Å². The molecule has 0 N–H and O–H groups in total. The normalized spacial score (nSPS) is 11.3. The van der Waals surface area contributed by atoms with Crippen LogP contribution in [0.2, 0.25) is 0 Å². The molecule has 0 aliphatic rings. The summed E-state index contributed by atoms with van der Waals surface area (Å²) in [5, 5.41) is 0. The highest BCUT2D eigenvalue weighted by atomic mass is 14.9. The van der Waals surface area contributed by atoms with Crippen molar-refractivity contribution >= 4 is 0 Å². The number of hydrogen-bond donors (Lipinski definition) is 0. The van der Waals surface area contributed by atoms with Gasteiger partial charge in [-0.05, 0) is 37.7 Å². The van der Waals surface area contributed by atoms with Crippen LogP contribution in [0.25, 0.3) is 0 Å². The van der Waals surface area contributed by atoms with E-state index in [0.29, 0.717) is 0 Å². The zero-order chi connectivity index (χ0) is 23.1. The first-order valence-corrected chi connectivity index (χ1v) is 14.8. The maximum absolute atomic E-state index is 2.51. The second-order valence-corrected chi connectivity index (χ2v) is 10.2. The molecule has 0 spiro atoms. The van der Waals surface area contributed by atoms with Gasteiger partial charge in [0.1, 0.15) is 6.54 Å². The highest BCUT2D eigenvalue weighted by Crippen LogP contribution is 2.17. The van der Waals surface area contributed by atoms with Crippen molar-refractivity contribution < 1.29 is 4.57 Å². The van der Waals surface area contributed by atoms with Gasteiger partial charge in [-0.25, -0.2) is 4.57 Å². The minimum Gasteiger partial charge on any atom is -0.205 e. The van der Waals surface area contributed by atoms with Crippen LogP contribution in [0.15, 0.2) is 18.5 Å². The minimum absolute atomic E-state index is 1.20. The van der Waals surface area contributed by atoms with Crippen molar-refractivity contribution in [3.05, 3.63) is 29.6 Å². The summed E-state index contributed by atoms with van der Waals surface area (Å²) in [6.45, 7) is 8.12. The first kappa shape index (κ1) is 29.2. The van der Waals surface area contributed by atoms with Crippen LogP contribution in [0.5, 0.6) is 0 Å². The third-order valence-electron chi connectivity index (χ3n) is 7.07. The molecular formula is C31H58N+. The van der Waals surface area contributed by atoms with Crippen LogP contribution in [-0.4, -0.2) is 0 Å². The van der Waals surface area contributed by atoms with Crippen LogP contribution in [0, 0.1) is 0 Å². The molecule has 0 saturated carbocycles. The summed E-state index contributed by atoms with van der Waals surface area (Å²) >= 11 is 0. The van der Waals surface area contributed by atoms with Gasteiger partial charge in [-0.2, -0.15) is 0 Å². The van der Waals surface area contributed by atoms with Crippen molar-refractivity contribution in [3.63, 3.8) is 0 Å². The number of rotatable bonds is 23. The quantitative estimate of drug-likeness (QED) is 0.117. The second-order valence-electron chi connectivity index (χ2n) is 10.2. The van der Waals surface area contributed by atoms with Gasteiger partial charge in [-0.15, -0.1) is 0 Å². The molecule has 0 fully saturated rings. The van der Waals surface area contributed by atoms with E-state index in [1.54, 1.807) is 11.1 Å². The average Bonchev–Trinajstić information content (AvgIpc) is 2.81. The van der Waals surface area contributed by atoms with E-state index in [2.05, 4.69) is 43.8 Å². The average molecular weight is 445 g/mol. The summed E-state index contributed by atoms with van der Waals surface area (Å²) in [5.41, 5.74) is 3.29. The summed E-state index contributed by atoms with van der Waals surface area (Å²) in [4.78, 5) is 0. The van der Waals surface area contributed by atoms with Crippen molar-refractivity contribution in [1.82, 2.24) is 0 Å². The molecule has 0 bridgehead atoms. The Labute approximate surface area is 202 Å². The lowest BCUT2D eigenvalue weighted by Gasteiger charge is -2.09. The zero-order valence-corrected chi connectivity index (χ0v) is 22.4. The monoisotopic (exact) mass is 444 g/mol. The smallest absolute Gasteiger partial charge is 0.172 e. The van der Waals surface area contributed by atoms with E-state index in [-0.39, 0.29) is 0 Å². The predicted octanol–water partition coefficient (Wildman–Crippen LogP) is 9.92. The third-order valence-corrected chi connectivity index (χ3v) is 7.07.